The van der Waals surface area contributed by atoms with Gasteiger partial charge in [0, 0.05) is 45.3 Å². The van der Waals surface area contributed by atoms with Gasteiger partial charge in [0.1, 0.15) is 17.1 Å². The Morgan fingerprint density at radius 3 is 2.49 bits per heavy atom. The van der Waals surface area contributed by atoms with Crippen LogP contribution in [0.5, 0.6) is 5.75 Å². The number of benzene rings is 1. The fourth-order valence-corrected chi connectivity index (χ4v) is 4.52. The number of ether oxygens (including phenoxy) is 1. The van der Waals surface area contributed by atoms with Gasteiger partial charge in [-0.1, -0.05) is 0 Å². The molecule has 0 unspecified atom stereocenters. The van der Waals surface area contributed by atoms with Crippen molar-refractivity contribution in [3.63, 3.8) is 0 Å². The second-order valence-corrected chi connectivity index (χ2v) is 9.73. The molecule has 2 N–H and O–H groups in total. The Hall–Kier alpha value is -4.92. The molecule has 41 heavy (non-hydrogen) atoms. The zero-order chi connectivity index (χ0) is 28.7. The summed E-state index contributed by atoms with van der Waals surface area (Å²) >= 11 is 0. The van der Waals surface area contributed by atoms with Gasteiger partial charge < -0.3 is 25.2 Å². The minimum atomic E-state index is -4.75. The number of nitrogens with one attached hydrogen (secondary N) is 2. The van der Waals surface area contributed by atoms with Crippen LogP contribution in [0.3, 0.4) is 0 Å². The first kappa shape index (κ1) is 26.3. The number of likely N-dealkylation sites (N-methyl/N-ethyl adjacent to an activating group) is 1. The molecular weight excluding hydrogens is 539 g/mol. The molecule has 0 bridgehead atoms. The Labute approximate surface area is 232 Å². The smallest absolute Gasteiger partial charge is 0.406 e. The second-order valence-electron chi connectivity index (χ2n) is 9.73. The Morgan fingerprint density at radius 2 is 1.76 bits per heavy atom. The van der Waals surface area contributed by atoms with Crippen molar-refractivity contribution in [3.8, 4) is 5.75 Å². The van der Waals surface area contributed by atoms with E-state index in [9.17, 15) is 13.2 Å². The average molecular weight is 566 g/mol. The molecule has 1 saturated heterocycles. The summed E-state index contributed by atoms with van der Waals surface area (Å²) < 4.78 is 44.9. The highest BCUT2D eigenvalue weighted by Gasteiger charge is 2.31. The maximum atomic E-state index is 12.4. The highest BCUT2D eigenvalue weighted by Crippen LogP contribution is 2.29. The third-order valence-corrected chi connectivity index (χ3v) is 6.69. The molecule has 212 valence electrons. The summed E-state index contributed by atoms with van der Waals surface area (Å²) in [6, 6.07) is 9.46. The Balaban J connectivity index is 1.16. The van der Waals surface area contributed by atoms with Crippen molar-refractivity contribution in [1.29, 1.82) is 0 Å². The molecule has 15 heteroatoms. The predicted molar refractivity (Wildman–Crippen MR) is 147 cm³/mol. The van der Waals surface area contributed by atoms with E-state index in [1.807, 2.05) is 28.9 Å². The first-order chi connectivity index (χ1) is 19.6. The molecule has 0 atom stereocenters. The molecule has 6 rings (SSSR count). The quantitative estimate of drug-likeness (QED) is 0.277. The van der Waals surface area contributed by atoms with Crippen LogP contribution >= 0.6 is 0 Å². The molecule has 12 nitrogen and oxygen atoms in total. The molecule has 5 heterocycles. The zero-order valence-electron chi connectivity index (χ0n) is 22.3. The number of alkyl halides is 3. The molecule has 0 radical (unpaired) electrons. The minimum Gasteiger partial charge on any atom is -0.406 e. The van der Waals surface area contributed by atoms with Crippen molar-refractivity contribution in [2.24, 2.45) is 7.05 Å². The number of anilines is 6. The van der Waals surface area contributed by atoms with Crippen LogP contribution in [0, 0.1) is 0 Å². The Morgan fingerprint density at radius 1 is 0.976 bits per heavy atom. The lowest BCUT2D eigenvalue weighted by atomic mass is 10.1. The average Bonchev–Trinajstić information content (AvgIpc) is 3.50. The molecule has 0 amide bonds. The van der Waals surface area contributed by atoms with Crippen LogP contribution in [0.25, 0.3) is 11.2 Å². The number of hydrogen-bond acceptors (Lipinski definition) is 10. The van der Waals surface area contributed by atoms with Crippen LogP contribution < -0.4 is 20.3 Å². The van der Waals surface area contributed by atoms with E-state index >= 15 is 0 Å². The molecule has 5 aromatic rings. The predicted octanol–water partition coefficient (Wildman–Crippen LogP) is 4.60. The SMILES string of the molecule is CN1CC(n2cc(Nc3nccc(N(C)c4cnc5c(c4)nc(Nc4ccc(OC(F)(F)F)cc4)n5C)n3)cn2)C1. The maximum Gasteiger partial charge on any atom is 0.573 e. The number of nitrogens with zero attached hydrogens (tertiary/aromatic N) is 9. The van der Waals surface area contributed by atoms with Gasteiger partial charge in [-0.25, -0.2) is 15.0 Å². The molecule has 0 aliphatic carbocycles. The van der Waals surface area contributed by atoms with Crippen LogP contribution in [-0.2, 0) is 7.05 Å². The summed E-state index contributed by atoms with van der Waals surface area (Å²) in [5, 5.41) is 10.8. The van der Waals surface area contributed by atoms with Gasteiger partial charge in [0.25, 0.3) is 0 Å². The van der Waals surface area contributed by atoms with Crippen LogP contribution in [0.15, 0.2) is 61.2 Å². The largest absolute Gasteiger partial charge is 0.573 e. The summed E-state index contributed by atoms with van der Waals surface area (Å²) in [6.07, 6.45) is 2.35. The number of hydrogen-bond donors (Lipinski definition) is 2. The Kier molecular flexibility index (Phi) is 6.57. The van der Waals surface area contributed by atoms with Crippen LogP contribution in [0.2, 0.25) is 0 Å². The monoisotopic (exact) mass is 565 g/mol. The number of halogens is 3. The van der Waals surface area contributed by atoms with Crippen LogP contribution in [0.4, 0.5) is 47.9 Å². The van der Waals surface area contributed by atoms with E-state index in [-0.39, 0.29) is 5.75 Å². The zero-order valence-corrected chi connectivity index (χ0v) is 22.3. The molecule has 0 saturated carbocycles. The summed E-state index contributed by atoms with van der Waals surface area (Å²) in [6.45, 7) is 1.94. The van der Waals surface area contributed by atoms with Gasteiger partial charge in [-0.05, 0) is 43.4 Å². The standard InChI is InChI=1S/C26H26F3N11O/c1-37-14-19(15-37)40-13-17(11-32-40)33-24-30-9-8-22(36-24)38(2)18-10-21-23(31-12-18)39(3)25(35-21)34-16-4-6-20(7-5-16)41-26(27,28)29/h4-13,19H,14-15H2,1-3H3,(H,34,35)(H,30,33,36). The Bertz CT molecular complexity index is 1680. The van der Waals surface area contributed by atoms with Crippen molar-refractivity contribution in [2.45, 2.75) is 12.4 Å². The minimum absolute atomic E-state index is 0.303. The van der Waals surface area contributed by atoms with Crippen LogP contribution in [-0.4, -0.2) is 72.7 Å². The molecule has 1 aliphatic heterocycles. The van der Waals surface area contributed by atoms with Gasteiger partial charge in [0.15, 0.2) is 5.65 Å². The van der Waals surface area contributed by atoms with E-state index in [0.29, 0.717) is 40.6 Å². The highest BCUT2D eigenvalue weighted by atomic mass is 19.4. The number of fused-ring (bicyclic) bond motifs is 1. The molecule has 1 fully saturated rings. The fraction of sp³-hybridized carbons (Fsp3) is 0.269. The normalized spacial score (nSPS) is 14.2. The van der Waals surface area contributed by atoms with E-state index in [2.05, 4.69) is 52.4 Å². The van der Waals surface area contributed by atoms with Gasteiger partial charge >= 0.3 is 6.36 Å². The first-order valence-electron chi connectivity index (χ1n) is 12.6. The number of aromatic nitrogens is 7. The summed E-state index contributed by atoms with van der Waals surface area (Å²) in [4.78, 5) is 22.3. The van der Waals surface area contributed by atoms with Gasteiger partial charge in [-0.15, -0.1) is 13.2 Å². The van der Waals surface area contributed by atoms with Crippen LogP contribution in [0.1, 0.15) is 6.04 Å². The topological polar surface area (TPSA) is 114 Å². The van der Waals surface area contributed by atoms with E-state index in [1.54, 1.807) is 36.3 Å². The molecule has 0 spiro atoms. The number of aryl methyl sites for hydroxylation is 1. The molecule has 4 aromatic heterocycles. The first-order valence-corrected chi connectivity index (χ1v) is 12.6. The number of imidazole rings is 1. The number of rotatable bonds is 8. The number of likely N-dealkylation sites (tertiary alicyclic amines) is 1. The lowest BCUT2D eigenvalue weighted by molar-refractivity contribution is -0.274. The van der Waals surface area contributed by atoms with Gasteiger partial charge in [-0.3, -0.25) is 9.25 Å². The third kappa shape index (κ3) is 5.70. The summed E-state index contributed by atoms with van der Waals surface area (Å²) in [5.74, 6) is 1.25. The van der Waals surface area contributed by atoms with Crippen molar-refractivity contribution in [2.75, 3.05) is 42.7 Å². The van der Waals surface area contributed by atoms with Crippen molar-refractivity contribution >= 4 is 45.9 Å². The fourth-order valence-electron chi connectivity index (χ4n) is 4.52. The van der Waals surface area contributed by atoms with Gasteiger partial charge in [0.05, 0.1) is 29.8 Å². The van der Waals surface area contributed by atoms with Crippen molar-refractivity contribution in [3.05, 3.63) is 61.2 Å². The van der Waals surface area contributed by atoms with E-state index in [1.165, 1.54) is 24.3 Å². The van der Waals surface area contributed by atoms with Gasteiger partial charge in [-0.2, -0.15) is 10.1 Å². The van der Waals surface area contributed by atoms with E-state index < -0.39 is 6.36 Å². The van der Waals surface area contributed by atoms with Crippen molar-refractivity contribution in [1.82, 2.24) is 39.2 Å². The number of pyridine rings is 1. The summed E-state index contributed by atoms with van der Waals surface area (Å²) in [5.41, 5.74) is 3.35. The van der Waals surface area contributed by atoms with E-state index in [0.717, 1.165) is 24.5 Å². The van der Waals surface area contributed by atoms with Crippen molar-refractivity contribution < 1.29 is 17.9 Å². The summed E-state index contributed by atoms with van der Waals surface area (Å²) in [7, 11) is 5.74. The maximum absolute atomic E-state index is 12.4. The molecule has 1 aliphatic rings. The van der Waals surface area contributed by atoms with Gasteiger partial charge in [0.2, 0.25) is 11.9 Å². The highest BCUT2D eigenvalue weighted by molar-refractivity contribution is 5.80. The molecule has 1 aromatic carbocycles. The lowest BCUT2D eigenvalue weighted by Gasteiger charge is -2.36. The third-order valence-electron chi connectivity index (χ3n) is 6.69. The lowest BCUT2D eigenvalue weighted by Crippen LogP contribution is -2.45. The molecular formula is C26H26F3N11O. The van der Waals surface area contributed by atoms with E-state index in [4.69, 9.17) is 0 Å². The second kappa shape index (κ2) is 10.2.